The lowest BCUT2D eigenvalue weighted by Gasteiger charge is -2.14. The van der Waals surface area contributed by atoms with Crippen molar-refractivity contribution in [2.45, 2.75) is 31.3 Å². The van der Waals surface area contributed by atoms with Crippen LogP contribution in [0.3, 0.4) is 0 Å². The molecule has 0 aliphatic carbocycles. The first kappa shape index (κ1) is 15.4. The molecule has 18 heavy (non-hydrogen) atoms. The van der Waals surface area contributed by atoms with Crippen molar-refractivity contribution in [2.24, 2.45) is 11.7 Å². The van der Waals surface area contributed by atoms with E-state index < -0.39 is 11.7 Å². The van der Waals surface area contributed by atoms with Crippen molar-refractivity contribution in [1.29, 1.82) is 0 Å². The third-order valence-corrected chi connectivity index (χ3v) is 3.80. The standard InChI is InChI=1S/C13H18F3NS/c1-9(2)8-18-11-4-3-10(5-6-17)12(7-11)13(14,15)16/h3-4,7,9H,5-6,8,17H2,1-2H3. The third-order valence-electron chi connectivity index (χ3n) is 2.38. The van der Waals surface area contributed by atoms with E-state index in [0.717, 1.165) is 5.75 Å². The Labute approximate surface area is 110 Å². The molecule has 1 nitrogen and oxygen atoms in total. The number of rotatable bonds is 5. The van der Waals surface area contributed by atoms with E-state index >= 15 is 0 Å². The topological polar surface area (TPSA) is 26.0 Å². The van der Waals surface area contributed by atoms with Gasteiger partial charge in [0.15, 0.2) is 0 Å². The summed E-state index contributed by atoms with van der Waals surface area (Å²) in [4.78, 5) is 0.664. The highest BCUT2D eigenvalue weighted by atomic mass is 32.2. The van der Waals surface area contributed by atoms with Crippen molar-refractivity contribution in [1.82, 2.24) is 0 Å². The SMILES string of the molecule is CC(C)CSc1ccc(CCN)c(C(F)(F)F)c1. The molecule has 2 N–H and O–H groups in total. The molecular weight excluding hydrogens is 259 g/mol. The second kappa shape index (κ2) is 6.48. The molecular formula is C13H18F3NS. The number of halogens is 3. The van der Waals surface area contributed by atoms with Crippen molar-refractivity contribution < 1.29 is 13.2 Å². The van der Waals surface area contributed by atoms with E-state index in [1.807, 2.05) is 13.8 Å². The van der Waals surface area contributed by atoms with Crippen LogP contribution in [0.4, 0.5) is 13.2 Å². The molecule has 0 bridgehead atoms. The number of thioether (sulfide) groups is 1. The van der Waals surface area contributed by atoms with E-state index in [9.17, 15) is 13.2 Å². The molecule has 1 aromatic rings. The molecule has 0 unspecified atom stereocenters. The Morgan fingerprint density at radius 1 is 1.28 bits per heavy atom. The monoisotopic (exact) mass is 277 g/mol. The lowest BCUT2D eigenvalue weighted by molar-refractivity contribution is -0.138. The molecule has 0 aromatic heterocycles. The van der Waals surface area contributed by atoms with E-state index in [-0.39, 0.29) is 18.5 Å². The van der Waals surface area contributed by atoms with Crippen LogP contribution in [0.15, 0.2) is 23.1 Å². The Hall–Kier alpha value is -0.680. The second-order valence-electron chi connectivity index (χ2n) is 4.56. The number of benzene rings is 1. The molecule has 0 radical (unpaired) electrons. The summed E-state index contributed by atoms with van der Waals surface area (Å²) in [7, 11) is 0. The van der Waals surface area contributed by atoms with Gasteiger partial charge in [0.05, 0.1) is 5.56 Å². The zero-order chi connectivity index (χ0) is 13.8. The van der Waals surface area contributed by atoms with Crippen molar-refractivity contribution in [3.63, 3.8) is 0 Å². The third kappa shape index (κ3) is 4.53. The summed E-state index contributed by atoms with van der Waals surface area (Å²) in [6.45, 7) is 4.31. The first-order valence-corrected chi connectivity index (χ1v) is 6.86. The molecule has 0 aliphatic heterocycles. The van der Waals surface area contributed by atoms with Gasteiger partial charge in [-0.25, -0.2) is 0 Å². The predicted octanol–water partition coefficient (Wildman–Crippen LogP) is 3.95. The summed E-state index contributed by atoms with van der Waals surface area (Å²) in [6.07, 6.45) is -4.05. The largest absolute Gasteiger partial charge is 0.416 e. The fraction of sp³-hybridized carbons (Fsp3) is 0.538. The molecule has 1 aromatic carbocycles. The van der Waals surface area contributed by atoms with E-state index in [1.54, 1.807) is 12.1 Å². The van der Waals surface area contributed by atoms with Crippen LogP contribution < -0.4 is 5.73 Å². The first-order valence-electron chi connectivity index (χ1n) is 5.87. The highest BCUT2D eigenvalue weighted by Gasteiger charge is 2.33. The Bertz CT molecular complexity index is 388. The normalized spacial score (nSPS) is 12.2. The molecule has 0 aliphatic rings. The van der Waals surface area contributed by atoms with Gasteiger partial charge in [0.2, 0.25) is 0 Å². The first-order chi connectivity index (χ1) is 8.34. The molecule has 0 saturated heterocycles. The fourth-order valence-corrected chi connectivity index (χ4v) is 2.44. The minimum absolute atomic E-state index is 0.224. The molecule has 5 heteroatoms. The fourth-order valence-electron chi connectivity index (χ4n) is 1.55. The molecule has 0 heterocycles. The molecule has 102 valence electrons. The van der Waals surface area contributed by atoms with Gasteiger partial charge in [-0.1, -0.05) is 19.9 Å². The Balaban J connectivity index is 2.98. The van der Waals surface area contributed by atoms with Crippen LogP contribution in [-0.4, -0.2) is 12.3 Å². The quantitative estimate of drug-likeness (QED) is 0.825. The maximum Gasteiger partial charge on any atom is 0.416 e. The Morgan fingerprint density at radius 3 is 2.44 bits per heavy atom. The smallest absolute Gasteiger partial charge is 0.330 e. The highest BCUT2D eigenvalue weighted by molar-refractivity contribution is 7.99. The number of hydrogen-bond donors (Lipinski definition) is 1. The maximum atomic E-state index is 12.9. The average Bonchev–Trinajstić information content (AvgIpc) is 2.26. The van der Waals surface area contributed by atoms with E-state index in [1.165, 1.54) is 17.8 Å². The molecule has 0 amide bonds. The number of alkyl halides is 3. The lowest BCUT2D eigenvalue weighted by Crippen LogP contribution is -2.12. The summed E-state index contributed by atoms with van der Waals surface area (Å²) >= 11 is 1.45. The van der Waals surface area contributed by atoms with Crippen molar-refractivity contribution in [2.75, 3.05) is 12.3 Å². The van der Waals surface area contributed by atoms with Crippen LogP contribution in [-0.2, 0) is 12.6 Å². The second-order valence-corrected chi connectivity index (χ2v) is 5.65. The van der Waals surface area contributed by atoms with Crippen LogP contribution in [0, 0.1) is 5.92 Å². The summed E-state index contributed by atoms with van der Waals surface area (Å²) in [5.74, 6) is 1.26. The summed E-state index contributed by atoms with van der Waals surface area (Å²) in [5.41, 5.74) is 5.06. The van der Waals surface area contributed by atoms with Crippen LogP contribution in [0.1, 0.15) is 25.0 Å². The van der Waals surface area contributed by atoms with Gasteiger partial charge >= 0.3 is 6.18 Å². The molecule has 0 atom stereocenters. The van der Waals surface area contributed by atoms with Crippen LogP contribution in [0.5, 0.6) is 0 Å². The van der Waals surface area contributed by atoms with E-state index in [2.05, 4.69) is 0 Å². The average molecular weight is 277 g/mol. The zero-order valence-corrected chi connectivity index (χ0v) is 11.4. The Kier molecular flexibility index (Phi) is 5.53. The van der Waals surface area contributed by atoms with Crippen molar-refractivity contribution in [3.8, 4) is 0 Å². The zero-order valence-electron chi connectivity index (χ0n) is 10.6. The van der Waals surface area contributed by atoms with Crippen molar-refractivity contribution in [3.05, 3.63) is 29.3 Å². The van der Waals surface area contributed by atoms with Gasteiger partial charge in [0, 0.05) is 10.6 Å². The van der Waals surface area contributed by atoms with E-state index in [0.29, 0.717) is 10.8 Å². The van der Waals surface area contributed by atoms with E-state index in [4.69, 9.17) is 5.73 Å². The van der Waals surface area contributed by atoms with Gasteiger partial charge in [-0.05, 0) is 36.6 Å². The maximum absolute atomic E-state index is 12.9. The van der Waals surface area contributed by atoms with Gasteiger partial charge in [0.25, 0.3) is 0 Å². The van der Waals surface area contributed by atoms with Crippen LogP contribution >= 0.6 is 11.8 Å². The predicted molar refractivity (Wildman–Crippen MR) is 69.8 cm³/mol. The summed E-state index contributed by atoms with van der Waals surface area (Å²) in [5, 5.41) is 0. The van der Waals surface area contributed by atoms with Gasteiger partial charge in [-0.3, -0.25) is 0 Å². The number of hydrogen-bond acceptors (Lipinski definition) is 2. The number of nitrogens with two attached hydrogens (primary N) is 1. The minimum atomic E-state index is -4.31. The van der Waals surface area contributed by atoms with Crippen LogP contribution in [0.2, 0.25) is 0 Å². The minimum Gasteiger partial charge on any atom is -0.330 e. The van der Waals surface area contributed by atoms with Gasteiger partial charge in [-0.2, -0.15) is 13.2 Å². The van der Waals surface area contributed by atoms with Gasteiger partial charge in [0.1, 0.15) is 0 Å². The van der Waals surface area contributed by atoms with Gasteiger partial charge in [-0.15, -0.1) is 11.8 Å². The molecule has 1 rings (SSSR count). The molecule has 0 fully saturated rings. The summed E-state index contributed by atoms with van der Waals surface area (Å²) < 4.78 is 38.7. The van der Waals surface area contributed by atoms with Gasteiger partial charge < -0.3 is 5.73 Å². The highest BCUT2D eigenvalue weighted by Crippen LogP contribution is 2.35. The molecule has 0 spiro atoms. The van der Waals surface area contributed by atoms with Crippen LogP contribution in [0.25, 0.3) is 0 Å². The van der Waals surface area contributed by atoms with Crippen molar-refractivity contribution >= 4 is 11.8 Å². The lowest BCUT2D eigenvalue weighted by atomic mass is 10.0. The molecule has 0 saturated carbocycles. The Morgan fingerprint density at radius 2 is 1.94 bits per heavy atom. The summed E-state index contributed by atoms with van der Waals surface area (Å²) in [6, 6.07) is 4.52.